The lowest BCUT2D eigenvalue weighted by Gasteiger charge is -2.27. The molecule has 0 bridgehead atoms. The molecule has 3 aromatic carbocycles. The van der Waals surface area contributed by atoms with Gasteiger partial charge in [0, 0.05) is 24.1 Å². The molecule has 3 aromatic rings. The summed E-state index contributed by atoms with van der Waals surface area (Å²) in [4.78, 5) is 26.4. The van der Waals surface area contributed by atoms with Crippen molar-refractivity contribution in [1.82, 2.24) is 4.90 Å². The first kappa shape index (κ1) is 30.0. The molecular formula is C34H42N3O4+. The third kappa shape index (κ3) is 7.22. The smallest absolute Gasteiger partial charge is 0.451 e. The Kier molecular flexibility index (Phi) is 9.28. The molecule has 0 spiro atoms. The van der Waals surface area contributed by atoms with Crippen LogP contribution in [-0.2, 0) is 29.6 Å². The van der Waals surface area contributed by atoms with E-state index >= 15 is 0 Å². The Morgan fingerprint density at radius 1 is 0.976 bits per heavy atom. The fourth-order valence-corrected chi connectivity index (χ4v) is 5.25. The van der Waals surface area contributed by atoms with Crippen LogP contribution in [0.3, 0.4) is 0 Å². The molecule has 0 aliphatic carbocycles. The van der Waals surface area contributed by atoms with Crippen LogP contribution in [0.25, 0.3) is 11.1 Å². The van der Waals surface area contributed by atoms with Gasteiger partial charge in [0.05, 0.1) is 13.0 Å². The molecule has 0 saturated carbocycles. The van der Waals surface area contributed by atoms with Crippen molar-refractivity contribution >= 4 is 18.3 Å². The predicted molar refractivity (Wildman–Crippen MR) is 163 cm³/mol. The molecule has 4 rings (SSSR count). The van der Waals surface area contributed by atoms with Gasteiger partial charge in [0.25, 0.3) is 0 Å². The number of hydrogen-bond acceptors (Lipinski definition) is 4. The number of carboxylic acid groups (broad SMARTS) is 1. The van der Waals surface area contributed by atoms with Gasteiger partial charge in [0.2, 0.25) is 0 Å². The van der Waals surface area contributed by atoms with Crippen LogP contribution in [0.2, 0.25) is 0 Å². The van der Waals surface area contributed by atoms with Gasteiger partial charge in [-0.1, -0.05) is 86.5 Å². The lowest BCUT2D eigenvalue weighted by Crippen LogP contribution is -2.49. The van der Waals surface area contributed by atoms with Gasteiger partial charge in [0.1, 0.15) is 18.8 Å². The second-order valence-corrected chi connectivity index (χ2v) is 11.7. The first-order valence-electron chi connectivity index (χ1n) is 14.4. The Morgan fingerprint density at radius 2 is 1.71 bits per heavy atom. The van der Waals surface area contributed by atoms with E-state index in [9.17, 15) is 14.7 Å². The van der Waals surface area contributed by atoms with Gasteiger partial charge in [-0.3, -0.25) is 4.79 Å². The van der Waals surface area contributed by atoms with Crippen molar-refractivity contribution in [2.45, 2.75) is 65.8 Å². The number of aryl methyl sites for hydroxylation is 1. The van der Waals surface area contributed by atoms with E-state index in [1.165, 1.54) is 11.1 Å². The Bertz CT molecular complexity index is 1410. The highest BCUT2D eigenvalue weighted by atomic mass is 16.5. The van der Waals surface area contributed by atoms with Gasteiger partial charge in [-0.05, 0) is 54.0 Å². The van der Waals surface area contributed by atoms with Crippen molar-refractivity contribution < 1.29 is 24.0 Å². The molecule has 7 nitrogen and oxygen atoms in total. The zero-order valence-corrected chi connectivity index (χ0v) is 24.9. The largest absolute Gasteiger partial charge is 0.494 e. The van der Waals surface area contributed by atoms with Crippen LogP contribution in [0, 0.1) is 0 Å². The predicted octanol–water partition coefficient (Wildman–Crippen LogP) is 7.03. The molecule has 0 aromatic heterocycles. The van der Waals surface area contributed by atoms with Crippen LogP contribution in [0.1, 0.15) is 63.3 Å². The van der Waals surface area contributed by atoms with Crippen molar-refractivity contribution in [3.63, 3.8) is 0 Å². The zero-order valence-electron chi connectivity index (χ0n) is 24.9. The molecule has 1 N–H and O–H groups in total. The van der Waals surface area contributed by atoms with Gasteiger partial charge < -0.3 is 9.84 Å². The molecule has 1 aliphatic heterocycles. The van der Waals surface area contributed by atoms with E-state index in [1.54, 1.807) is 11.2 Å². The number of nitrogens with zero attached hydrogens (tertiary/aromatic N) is 3. The van der Waals surface area contributed by atoms with Crippen molar-refractivity contribution in [2.75, 3.05) is 19.7 Å². The minimum absolute atomic E-state index is 0.0195. The van der Waals surface area contributed by atoms with E-state index in [-0.39, 0.29) is 22.5 Å². The Labute approximate surface area is 243 Å². The molecular weight excluding hydrogens is 514 g/mol. The molecule has 216 valence electrons. The van der Waals surface area contributed by atoms with E-state index in [0.29, 0.717) is 37.6 Å². The molecule has 0 saturated heterocycles. The summed E-state index contributed by atoms with van der Waals surface area (Å²) in [6.07, 6.45) is 3.22. The third-order valence-corrected chi connectivity index (χ3v) is 7.58. The molecule has 2 amide bonds. The highest BCUT2D eigenvalue weighted by Gasteiger charge is 2.45. The number of hydrogen-bond donors (Lipinski definition) is 1. The van der Waals surface area contributed by atoms with Crippen LogP contribution in [0.15, 0.2) is 71.8 Å². The molecule has 1 heterocycles. The molecule has 41 heavy (non-hydrogen) atoms. The summed E-state index contributed by atoms with van der Waals surface area (Å²) in [5.74, 6) is -0.281. The summed E-state index contributed by atoms with van der Waals surface area (Å²) in [5, 5.41) is 14.0. The number of carbonyl (C=O) groups excluding carboxylic acids is 1. The topological polar surface area (TPSA) is 79.2 Å². The number of amides is 2. The maximum absolute atomic E-state index is 13.5. The molecule has 0 radical (unpaired) electrons. The van der Waals surface area contributed by atoms with Gasteiger partial charge in [-0.25, -0.2) is 9.69 Å². The number of rotatable bonds is 12. The quantitative estimate of drug-likeness (QED) is 0.243. The molecule has 0 fully saturated rings. The standard InChI is InChI=1S/C34H41N3O4/c1-6-36-24-35-37(33(36)40,23-26-13-17-30(18-14-26)34(3,4)5)19-9-11-25-10-8-12-27(20-25)28-15-16-29(22-32(38)39)31(21-28)41-7-2/h8,10,12-18,20-21,24H,6-7,9,11,19,22-23H2,1-5H3/p+1. The maximum Gasteiger partial charge on any atom is 0.451 e. The van der Waals surface area contributed by atoms with Crippen LogP contribution < -0.4 is 4.74 Å². The Balaban J connectivity index is 1.49. The monoisotopic (exact) mass is 556 g/mol. The number of benzene rings is 3. The van der Waals surface area contributed by atoms with Crippen molar-refractivity contribution in [1.29, 1.82) is 0 Å². The lowest BCUT2D eigenvalue weighted by molar-refractivity contribution is -0.868. The first-order chi connectivity index (χ1) is 19.5. The van der Waals surface area contributed by atoms with E-state index < -0.39 is 5.97 Å². The summed E-state index contributed by atoms with van der Waals surface area (Å²) in [7, 11) is 0. The van der Waals surface area contributed by atoms with Crippen LogP contribution in [0.4, 0.5) is 4.79 Å². The number of urea groups is 1. The Hall–Kier alpha value is -3.97. The van der Waals surface area contributed by atoms with Crippen LogP contribution >= 0.6 is 0 Å². The summed E-state index contributed by atoms with van der Waals surface area (Å²) < 4.78 is 5.80. The minimum atomic E-state index is -0.883. The molecule has 7 heteroatoms. The number of aliphatic carboxylic acids is 1. The second kappa shape index (κ2) is 12.7. The third-order valence-electron chi connectivity index (χ3n) is 7.58. The SMILES string of the molecule is CCOc1cc(-c2cccc(CCC[N+]3(Cc4ccc(C(C)(C)C)cc4)N=CN(CC)C3=O)c2)ccc1CC(=O)O. The highest BCUT2D eigenvalue weighted by molar-refractivity contribution is 5.85. The van der Waals surface area contributed by atoms with Crippen LogP contribution in [-0.4, -0.2) is 52.6 Å². The van der Waals surface area contributed by atoms with Crippen molar-refractivity contribution in [3.05, 3.63) is 89.0 Å². The minimum Gasteiger partial charge on any atom is -0.494 e. The fourth-order valence-electron chi connectivity index (χ4n) is 5.25. The number of carboxylic acids is 1. The molecule has 1 aliphatic rings. The fraction of sp³-hybridized carbons (Fsp3) is 0.382. The average molecular weight is 557 g/mol. The summed E-state index contributed by atoms with van der Waals surface area (Å²) >= 11 is 0. The first-order valence-corrected chi connectivity index (χ1v) is 14.4. The maximum atomic E-state index is 13.5. The van der Waals surface area contributed by atoms with Gasteiger partial charge >= 0.3 is 12.0 Å². The van der Waals surface area contributed by atoms with Gasteiger partial charge in [-0.15, -0.1) is 4.59 Å². The van der Waals surface area contributed by atoms with Gasteiger partial charge in [0.15, 0.2) is 6.34 Å². The zero-order chi connectivity index (χ0) is 29.6. The highest BCUT2D eigenvalue weighted by Crippen LogP contribution is 2.30. The van der Waals surface area contributed by atoms with Crippen LogP contribution in [0.5, 0.6) is 5.75 Å². The summed E-state index contributed by atoms with van der Waals surface area (Å²) in [5.41, 5.74) is 6.29. The number of quaternary nitrogens is 1. The molecule has 1 unspecified atom stereocenters. The second-order valence-electron chi connectivity index (χ2n) is 11.7. The van der Waals surface area contributed by atoms with E-state index in [1.807, 2.05) is 44.2 Å². The summed E-state index contributed by atoms with van der Waals surface area (Å²) in [6, 6.07) is 22.6. The summed E-state index contributed by atoms with van der Waals surface area (Å²) in [6.45, 7) is 12.7. The van der Waals surface area contributed by atoms with E-state index in [2.05, 4.69) is 57.2 Å². The van der Waals surface area contributed by atoms with Crippen molar-refractivity contribution in [3.8, 4) is 16.9 Å². The normalized spacial score (nSPS) is 16.8. The molecule has 1 atom stereocenters. The van der Waals surface area contributed by atoms with E-state index in [4.69, 9.17) is 9.84 Å². The number of ether oxygens (including phenoxy) is 1. The Morgan fingerprint density at radius 3 is 2.34 bits per heavy atom. The number of carbonyl (C=O) groups is 2. The average Bonchev–Trinajstić information content (AvgIpc) is 3.24. The van der Waals surface area contributed by atoms with Crippen molar-refractivity contribution in [2.24, 2.45) is 5.10 Å². The van der Waals surface area contributed by atoms with Gasteiger partial charge in [-0.2, -0.15) is 0 Å². The lowest BCUT2D eigenvalue weighted by atomic mass is 9.87. The van der Waals surface area contributed by atoms with E-state index in [0.717, 1.165) is 29.5 Å².